The van der Waals surface area contributed by atoms with Crippen LogP contribution in [0.2, 0.25) is 0 Å². The number of nitrogens with one attached hydrogen (secondary N) is 2. The molecule has 0 unspecified atom stereocenters. The van der Waals surface area contributed by atoms with Crippen LogP contribution in [0.5, 0.6) is 5.75 Å². The average Bonchev–Trinajstić information content (AvgIpc) is 2.99. The van der Waals surface area contributed by atoms with Gasteiger partial charge in [-0.15, -0.1) is 0 Å². The Balaban J connectivity index is 1.87. The predicted molar refractivity (Wildman–Crippen MR) is 89.7 cm³/mol. The van der Waals surface area contributed by atoms with Crippen molar-refractivity contribution in [2.24, 2.45) is 0 Å². The molecule has 3 aromatic rings. The Kier molecular flexibility index (Phi) is 4.16. The summed E-state index contributed by atoms with van der Waals surface area (Å²) in [6.07, 6.45) is 0. The highest BCUT2D eigenvalue weighted by atomic mass is 16.5. The molecule has 3 rings (SSSR count). The number of benzene rings is 2. The van der Waals surface area contributed by atoms with E-state index in [1.807, 2.05) is 24.3 Å². The smallest absolute Gasteiger partial charge is 0.272 e. The number of aliphatic hydroxyl groups is 1. The van der Waals surface area contributed by atoms with E-state index in [1.54, 1.807) is 24.3 Å². The molecule has 0 saturated carbocycles. The fraction of sp³-hybridized carbons (Fsp3) is 0.118. The molecule has 118 valence electrons. The number of carbonyl (C=O) groups is 1. The Morgan fingerprint density at radius 3 is 2.83 bits per heavy atom. The Bertz CT molecular complexity index is 809. The summed E-state index contributed by atoms with van der Waals surface area (Å²) >= 11 is 0. The minimum atomic E-state index is -0.312. The van der Waals surface area contributed by atoms with Crippen molar-refractivity contribution in [3.63, 3.8) is 0 Å². The molecule has 0 atom stereocenters. The van der Waals surface area contributed by atoms with Crippen molar-refractivity contribution in [3.8, 4) is 5.75 Å². The van der Waals surface area contributed by atoms with Crippen LogP contribution in [0.25, 0.3) is 10.9 Å². The molecule has 1 amide bonds. The van der Waals surface area contributed by atoms with Crippen molar-refractivity contribution in [3.05, 3.63) is 54.2 Å². The molecule has 0 bridgehead atoms. The molecule has 6 heteroatoms. The Hall–Kier alpha value is -2.99. The topological polar surface area (TPSA) is 100 Å². The van der Waals surface area contributed by atoms with Gasteiger partial charge in [-0.3, -0.25) is 4.79 Å². The number of amides is 1. The number of aromatic amines is 1. The molecule has 0 aliphatic carbocycles. The van der Waals surface area contributed by atoms with E-state index in [-0.39, 0.29) is 19.1 Å². The number of H-pyrrole nitrogens is 1. The molecule has 0 radical (unpaired) electrons. The molecule has 1 heterocycles. The second-order valence-corrected chi connectivity index (χ2v) is 5.02. The number of ether oxygens (including phenoxy) is 1. The maximum Gasteiger partial charge on any atom is 0.272 e. The van der Waals surface area contributed by atoms with E-state index < -0.39 is 0 Å². The highest BCUT2D eigenvalue weighted by Crippen LogP contribution is 2.31. The Morgan fingerprint density at radius 2 is 2.04 bits per heavy atom. The van der Waals surface area contributed by atoms with Gasteiger partial charge in [-0.2, -0.15) is 0 Å². The number of nitrogen functional groups attached to an aromatic ring is 1. The molecule has 23 heavy (non-hydrogen) atoms. The van der Waals surface area contributed by atoms with Crippen molar-refractivity contribution >= 4 is 28.2 Å². The molecule has 6 nitrogen and oxygen atoms in total. The van der Waals surface area contributed by atoms with Crippen LogP contribution in [0.3, 0.4) is 0 Å². The van der Waals surface area contributed by atoms with E-state index in [0.717, 1.165) is 10.9 Å². The lowest BCUT2D eigenvalue weighted by Gasteiger charge is -2.13. The van der Waals surface area contributed by atoms with Crippen molar-refractivity contribution in [2.75, 3.05) is 24.3 Å². The van der Waals surface area contributed by atoms with Crippen LogP contribution in [-0.2, 0) is 0 Å². The first kappa shape index (κ1) is 14.9. The maximum atomic E-state index is 12.5. The fourth-order valence-corrected chi connectivity index (χ4v) is 2.33. The maximum absolute atomic E-state index is 12.5. The minimum absolute atomic E-state index is 0.121. The lowest BCUT2D eigenvalue weighted by atomic mass is 10.2. The van der Waals surface area contributed by atoms with Crippen LogP contribution in [0.1, 0.15) is 10.5 Å². The number of hydrogen-bond donors (Lipinski definition) is 4. The monoisotopic (exact) mass is 311 g/mol. The van der Waals surface area contributed by atoms with Gasteiger partial charge in [0.25, 0.3) is 5.91 Å². The van der Waals surface area contributed by atoms with E-state index in [0.29, 0.717) is 22.8 Å². The standard InChI is InChI=1S/C17H17N3O3/c18-12-5-3-7-15(23-9-8-21)16(12)20-17(22)14-10-11-4-1-2-6-13(11)19-14/h1-7,10,19,21H,8-9,18H2,(H,20,22). The molecule has 0 aliphatic rings. The first-order chi connectivity index (χ1) is 11.2. The van der Waals surface area contributed by atoms with Crippen LogP contribution in [0.4, 0.5) is 11.4 Å². The third-order valence-corrected chi connectivity index (χ3v) is 3.42. The quantitative estimate of drug-likeness (QED) is 0.543. The molecular weight excluding hydrogens is 294 g/mol. The van der Waals surface area contributed by atoms with E-state index >= 15 is 0 Å². The summed E-state index contributed by atoms with van der Waals surface area (Å²) in [5.74, 6) is 0.108. The number of anilines is 2. The van der Waals surface area contributed by atoms with Gasteiger partial charge in [-0.1, -0.05) is 24.3 Å². The van der Waals surface area contributed by atoms with Crippen LogP contribution in [-0.4, -0.2) is 29.2 Å². The number of carbonyl (C=O) groups excluding carboxylic acids is 1. The summed E-state index contributed by atoms with van der Waals surface area (Å²) in [4.78, 5) is 15.5. The number of fused-ring (bicyclic) bond motifs is 1. The van der Waals surface area contributed by atoms with Crippen LogP contribution >= 0.6 is 0 Å². The van der Waals surface area contributed by atoms with Gasteiger partial charge < -0.3 is 25.9 Å². The zero-order chi connectivity index (χ0) is 16.2. The predicted octanol–water partition coefficient (Wildman–Crippen LogP) is 2.37. The van der Waals surface area contributed by atoms with Gasteiger partial charge in [0.15, 0.2) is 0 Å². The number of hydrogen-bond acceptors (Lipinski definition) is 4. The lowest BCUT2D eigenvalue weighted by Crippen LogP contribution is -2.15. The van der Waals surface area contributed by atoms with Crippen molar-refractivity contribution in [1.29, 1.82) is 0 Å². The number of aliphatic hydroxyl groups excluding tert-OH is 1. The van der Waals surface area contributed by atoms with E-state index in [2.05, 4.69) is 10.3 Å². The number of rotatable bonds is 5. The third-order valence-electron chi connectivity index (χ3n) is 3.42. The normalized spacial score (nSPS) is 10.7. The summed E-state index contributed by atoms with van der Waals surface area (Å²) in [5, 5.41) is 12.6. The number of nitrogens with two attached hydrogens (primary N) is 1. The first-order valence-corrected chi connectivity index (χ1v) is 7.20. The summed E-state index contributed by atoms with van der Waals surface area (Å²) in [6.45, 7) is 0.00289. The highest BCUT2D eigenvalue weighted by Gasteiger charge is 2.14. The molecule has 1 aromatic heterocycles. The summed E-state index contributed by atoms with van der Waals surface area (Å²) in [7, 11) is 0. The highest BCUT2D eigenvalue weighted by molar-refractivity contribution is 6.08. The van der Waals surface area contributed by atoms with Gasteiger partial charge >= 0.3 is 0 Å². The van der Waals surface area contributed by atoms with Crippen molar-refractivity contribution in [1.82, 2.24) is 4.98 Å². The van der Waals surface area contributed by atoms with Gasteiger partial charge in [0.1, 0.15) is 23.7 Å². The summed E-state index contributed by atoms with van der Waals surface area (Å²) in [6, 6.07) is 14.5. The molecule has 0 spiro atoms. The molecule has 0 saturated heterocycles. The lowest BCUT2D eigenvalue weighted by molar-refractivity contribution is 0.102. The van der Waals surface area contributed by atoms with Crippen molar-refractivity contribution < 1.29 is 14.6 Å². The molecular formula is C17H17N3O3. The van der Waals surface area contributed by atoms with Crippen molar-refractivity contribution in [2.45, 2.75) is 0 Å². The first-order valence-electron chi connectivity index (χ1n) is 7.20. The molecule has 0 aliphatic heterocycles. The van der Waals surface area contributed by atoms with E-state index in [1.165, 1.54) is 0 Å². The average molecular weight is 311 g/mol. The zero-order valence-corrected chi connectivity index (χ0v) is 12.4. The van der Waals surface area contributed by atoms with Crippen LogP contribution in [0.15, 0.2) is 48.5 Å². The van der Waals surface area contributed by atoms with Gasteiger partial charge in [-0.05, 0) is 24.3 Å². The molecule has 0 fully saturated rings. The van der Waals surface area contributed by atoms with Crippen LogP contribution in [0, 0.1) is 0 Å². The largest absolute Gasteiger partial charge is 0.489 e. The van der Waals surface area contributed by atoms with Gasteiger partial charge in [0, 0.05) is 10.9 Å². The Labute approximate surface area is 132 Å². The summed E-state index contributed by atoms with van der Waals surface area (Å²) < 4.78 is 5.41. The summed E-state index contributed by atoms with van der Waals surface area (Å²) in [5.41, 5.74) is 8.03. The number of aromatic nitrogens is 1. The second kappa shape index (κ2) is 6.41. The minimum Gasteiger partial charge on any atom is -0.489 e. The van der Waals surface area contributed by atoms with Gasteiger partial charge in [0.2, 0.25) is 0 Å². The SMILES string of the molecule is Nc1cccc(OCCO)c1NC(=O)c1cc2ccccc2[nH]1. The number of para-hydroxylation sites is 2. The molecule has 5 N–H and O–H groups in total. The fourth-order valence-electron chi connectivity index (χ4n) is 2.33. The van der Waals surface area contributed by atoms with E-state index in [4.69, 9.17) is 15.6 Å². The zero-order valence-electron chi connectivity index (χ0n) is 12.4. The van der Waals surface area contributed by atoms with Crippen LogP contribution < -0.4 is 15.8 Å². The van der Waals surface area contributed by atoms with E-state index in [9.17, 15) is 4.79 Å². The Morgan fingerprint density at radius 1 is 1.22 bits per heavy atom. The van der Waals surface area contributed by atoms with Gasteiger partial charge in [0.05, 0.1) is 12.3 Å². The van der Waals surface area contributed by atoms with Gasteiger partial charge in [-0.25, -0.2) is 0 Å². The third kappa shape index (κ3) is 3.12. The molecule has 2 aromatic carbocycles. The second-order valence-electron chi connectivity index (χ2n) is 5.02.